The third-order valence-corrected chi connectivity index (χ3v) is 3.90. The van der Waals surface area contributed by atoms with Gasteiger partial charge in [0.2, 0.25) is 0 Å². The number of rotatable bonds is 5. The molecule has 1 aromatic rings. The molecule has 0 radical (unpaired) electrons. The predicted octanol–water partition coefficient (Wildman–Crippen LogP) is 3.32. The van der Waals surface area contributed by atoms with Crippen LogP contribution in [0.15, 0.2) is 12.1 Å². The zero-order valence-corrected chi connectivity index (χ0v) is 12.9. The number of amides is 1. The van der Waals surface area contributed by atoms with Crippen molar-refractivity contribution < 1.29 is 14.3 Å². The van der Waals surface area contributed by atoms with Crippen LogP contribution in [0.3, 0.4) is 0 Å². The van der Waals surface area contributed by atoms with Gasteiger partial charge in [0.1, 0.15) is 5.75 Å². The lowest BCUT2D eigenvalue weighted by Gasteiger charge is -2.12. The number of ether oxygens (including phenoxy) is 2. The molecular weight excluding hydrogens is 325 g/mol. The first kappa shape index (κ1) is 15.7. The van der Waals surface area contributed by atoms with Gasteiger partial charge in [0.25, 0.3) is 5.91 Å². The number of carbonyl (C=O) groups excluding carboxylic acids is 1. The molecule has 110 valence electrons. The summed E-state index contributed by atoms with van der Waals surface area (Å²) in [6.45, 7) is 1.12. The van der Waals surface area contributed by atoms with Gasteiger partial charge in [-0.2, -0.15) is 0 Å². The molecule has 20 heavy (non-hydrogen) atoms. The topological polar surface area (TPSA) is 47.6 Å². The second-order valence-electron chi connectivity index (χ2n) is 4.42. The van der Waals surface area contributed by atoms with E-state index in [9.17, 15) is 4.79 Å². The molecule has 1 atom stereocenters. The Balaban J connectivity index is 1.79. The Morgan fingerprint density at radius 3 is 2.75 bits per heavy atom. The van der Waals surface area contributed by atoms with Crippen LogP contribution in [0.25, 0.3) is 0 Å². The van der Waals surface area contributed by atoms with Crippen molar-refractivity contribution >= 4 is 40.7 Å². The van der Waals surface area contributed by atoms with Crippen molar-refractivity contribution in [3.63, 3.8) is 0 Å². The van der Waals surface area contributed by atoms with Crippen LogP contribution in [0.5, 0.6) is 5.75 Å². The Morgan fingerprint density at radius 1 is 1.30 bits per heavy atom. The van der Waals surface area contributed by atoms with E-state index in [1.165, 1.54) is 12.1 Å². The van der Waals surface area contributed by atoms with E-state index in [0.717, 1.165) is 19.4 Å². The fourth-order valence-corrected chi connectivity index (χ4v) is 2.43. The molecule has 1 heterocycles. The molecule has 1 aliphatic rings. The zero-order chi connectivity index (χ0) is 14.5. The molecule has 0 spiro atoms. The smallest absolute Gasteiger partial charge is 0.258 e. The van der Waals surface area contributed by atoms with Crippen molar-refractivity contribution in [3.8, 4) is 5.75 Å². The monoisotopic (exact) mass is 337 g/mol. The van der Waals surface area contributed by atoms with Crippen molar-refractivity contribution in [1.82, 2.24) is 5.32 Å². The lowest BCUT2D eigenvalue weighted by Crippen LogP contribution is -2.35. The largest absolute Gasteiger partial charge is 0.482 e. The average molecular weight is 339 g/mol. The van der Waals surface area contributed by atoms with Crippen LogP contribution in [-0.2, 0) is 9.53 Å². The van der Waals surface area contributed by atoms with E-state index >= 15 is 0 Å². The molecule has 1 unspecified atom stereocenters. The minimum Gasteiger partial charge on any atom is -0.482 e. The van der Waals surface area contributed by atoms with Gasteiger partial charge in [0.15, 0.2) is 6.61 Å². The van der Waals surface area contributed by atoms with Crippen LogP contribution >= 0.6 is 34.8 Å². The summed E-state index contributed by atoms with van der Waals surface area (Å²) in [6.07, 6.45) is 2.11. The Labute approximate surface area is 132 Å². The van der Waals surface area contributed by atoms with E-state index in [0.29, 0.717) is 27.4 Å². The summed E-state index contributed by atoms with van der Waals surface area (Å²) < 4.78 is 10.7. The second-order valence-corrected chi connectivity index (χ2v) is 5.65. The first-order valence-electron chi connectivity index (χ1n) is 6.22. The Bertz CT molecular complexity index is 490. The zero-order valence-electron chi connectivity index (χ0n) is 10.6. The van der Waals surface area contributed by atoms with E-state index in [1.54, 1.807) is 0 Å². The highest BCUT2D eigenvalue weighted by Crippen LogP contribution is 2.33. The molecule has 7 heteroatoms. The molecule has 2 rings (SSSR count). The van der Waals surface area contributed by atoms with Crippen LogP contribution in [0, 0.1) is 0 Å². The molecule has 1 N–H and O–H groups in total. The van der Waals surface area contributed by atoms with Crippen LogP contribution in [0.1, 0.15) is 12.8 Å². The van der Waals surface area contributed by atoms with Gasteiger partial charge in [-0.05, 0) is 18.9 Å². The fraction of sp³-hybridized carbons (Fsp3) is 0.462. The standard InChI is InChI=1S/C13H14Cl3NO3/c14-9-4-11(16)12(5-10(9)15)20-7-13(18)17-6-8-2-1-3-19-8/h4-5,8H,1-3,6-7H2,(H,17,18). The van der Waals surface area contributed by atoms with Crippen molar-refractivity contribution in [2.24, 2.45) is 0 Å². The minimum atomic E-state index is -0.234. The van der Waals surface area contributed by atoms with Gasteiger partial charge < -0.3 is 14.8 Å². The fourth-order valence-electron chi connectivity index (χ4n) is 1.84. The van der Waals surface area contributed by atoms with Crippen LogP contribution in [-0.4, -0.2) is 31.8 Å². The van der Waals surface area contributed by atoms with E-state index < -0.39 is 0 Å². The normalized spacial score (nSPS) is 18.1. The lowest BCUT2D eigenvalue weighted by molar-refractivity contribution is -0.123. The Kier molecular flexibility index (Phi) is 5.78. The quantitative estimate of drug-likeness (QED) is 0.838. The van der Waals surface area contributed by atoms with Crippen LogP contribution in [0.2, 0.25) is 15.1 Å². The molecule has 0 aromatic heterocycles. The third kappa shape index (κ3) is 4.42. The number of nitrogens with one attached hydrogen (secondary N) is 1. The summed E-state index contributed by atoms with van der Waals surface area (Å²) in [4.78, 5) is 11.6. The average Bonchev–Trinajstić information content (AvgIpc) is 2.92. The number of benzene rings is 1. The number of hydrogen-bond donors (Lipinski definition) is 1. The summed E-state index contributed by atoms with van der Waals surface area (Å²) >= 11 is 17.6. The van der Waals surface area contributed by atoms with E-state index in [1.807, 2.05) is 0 Å². The van der Waals surface area contributed by atoms with Gasteiger partial charge in [-0.25, -0.2) is 0 Å². The molecule has 1 saturated heterocycles. The summed E-state index contributed by atoms with van der Waals surface area (Å²) in [5.41, 5.74) is 0. The summed E-state index contributed by atoms with van der Waals surface area (Å²) in [5, 5.41) is 3.73. The molecule has 4 nitrogen and oxygen atoms in total. The molecular formula is C13H14Cl3NO3. The number of carbonyl (C=O) groups is 1. The van der Waals surface area contributed by atoms with Gasteiger partial charge in [-0.3, -0.25) is 4.79 Å². The molecule has 1 aromatic carbocycles. The van der Waals surface area contributed by atoms with E-state index in [4.69, 9.17) is 44.3 Å². The van der Waals surface area contributed by atoms with Crippen LogP contribution in [0.4, 0.5) is 0 Å². The SMILES string of the molecule is O=C(COc1cc(Cl)c(Cl)cc1Cl)NCC1CCCO1. The Hall–Kier alpha value is -0.680. The first-order chi connectivity index (χ1) is 9.56. The second kappa shape index (κ2) is 7.36. The highest BCUT2D eigenvalue weighted by atomic mass is 35.5. The van der Waals surface area contributed by atoms with Crippen molar-refractivity contribution in [2.45, 2.75) is 18.9 Å². The molecule has 1 aliphatic heterocycles. The minimum absolute atomic E-state index is 0.104. The molecule has 0 aliphatic carbocycles. The van der Waals surface area contributed by atoms with Crippen molar-refractivity contribution in [3.05, 3.63) is 27.2 Å². The molecule has 0 bridgehead atoms. The van der Waals surface area contributed by atoms with E-state index in [-0.39, 0.29) is 18.6 Å². The van der Waals surface area contributed by atoms with Gasteiger partial charge in [-0.15, -0.1) is 0 Å². The maximum Gasteiger partial charge on any atom is 0.258 e. The number of hydrogen-bond acceptors (Lipinski definition) is 3. The summed E-state index contributed by atoms with van der Waals surface area (Å²) in [7, 11) is 0. The summed E-state index contributed by atoms with van der Waals surface area (Å²) in [5.74, 6) is 0.0935. The molecule has 1 fully saturated rings. The maximum atomic E-state index is 11.6. The Morgan fingerprint density at radius 2 is 2.05 bits per heavy atom. The van der Waals surface area contributed by atoms with Gasteiger partial charge in [0, 0.05) is 19.2 Å². The molecule has 1 amide bonds. The van der Waals surface area contributed by atoms with Crippen molar-refractivity contribution in [1.29, 1.82) is 0 Å². The highest BCUT2D eigenvalue weighted by molar-refractivity contribution is 6.43. The number of halogens is 3. The maximum absolute atomic E-state index is 11.6. The third-order valence-electron chi connectivity index (χ3n) is 2.88. The first-order valence-corrected chi connectivity index (χ1v) is 7.35. The molecule has 0 saturated carbocycles. The van der Waals surface area contributed by atoms with Crippen molar-refractivity contribution in [2.75, 3.05) is 19.8 Å². The van der Waals surface area contributed by atoms with Gasteiger partial charge in [-0.1, -0.05) is 34.8 Å². The van der Waals surface area contributed by atoms with E-state index in [2.05, 4.69) is 5.32 Å². The predicted molar refractivity (Wildman–Crippen MR) is 79.0 cm³/mol. The van der Waals surface area contributed by atoms with Crippen LogP contribution < -0.4 is 10.1 Å². The highest BCUT2D eigenvalue weighted by Gasteiger charge is 2.16. The van der Waals surface area contributed by atoms with Gasteiger partial charge >= 0.3 is 0 Å². The van der Waals surface area contributed by atoms with Gasteiger partial charge in [0.05, 0.1) is 21.2 Å². The lowest BCUT2D eigenvalue weighted by atomic mass is 10.2. The summed E-state index contributed by atoms with van der Waals surface area (Å²) in [6, 6.07) is 2.96.